The number of piperazine rings is 1. The third-order valence-electron chi connectivity index (χ3n) is 2.21. The molecule has 0 amide bonds. The van der Waals surface area contributed by atoms with Crippen LogP contribution in [0.25, 0.3) is 0 Å². The van der Waals surface area contributed by atoms with Crippen molar-refractivity contribution in [2.75, 3.05) is 45.0 Å². The van der Waals surface area contributed by atoms with Crippen LogP contribution in [0.15, 0.2) is 0 Å². The Bertz CT molecular complexity index is 316. The topological polar surface area (TPSA) is 85.2 Å². The van der Waals surface area contributed by atoms with E-state index in [0.717, 1.165) is 26.2 Å². The minimum atomic E-state index is -3.39. The number of nitrogens with one attached hydrogen (secondary N) is 2. The van der Waals surface area contributed by atoms with Crippen LogP contribution >= 0.6 is 0 Å². The van der Waals surface area contributed by atoms with Crippen molar-refractivity contribution in [2.45, 2.75) is 0 Å². The molecule has 0 bridgehead atoms. The molecule has 0 atom stereocenters. The molecule has 0 radical (unpaired) electrons. The van der Waals surface area contributed by atoms with Crippen LogP contribution in [-0.4, -0.2) is 58.3 Å². The van der Waals surface area contributed by atoms with Crippen LogP contribution in [0.2, 0.25) is 0 Å². The highest BCUT2D eigenvalue weighted by Crippen LogP contribution is 1.91. The molecule has 0 aromatic carbocycles. The SMILES string of the molecule is N#CCS(=O)(=O)NCCN1CCNCC1. The summed E-state index contributed by atoms with van der Waals surface area (Å²) in [6.07, 6.45) is 0. The highest BCUT2D eigenvalue weighted by molar-refractivity contribution is 7.89. The number of nitriles is 1. The van der Waals surface area contributed by atoms with Crippen molar-refractivity contribution in [1.82, 2.24) is 14.9 Å². The predicted molar refractivity (Wildman–Crippen MR) is 56.7 cm³/mol. The van der Waals surface area contributed by atoms with Crippen molar-refractivity contribution < 1.29 is 8.42 Å². The number of sulfonamides is 1. The lowest BCUT2D eigenvalue weighted by molar-refractivity contribution is 0.245. The van der Waals surface area contributed by atoms with Gasteiger partial charge in [-0.2, -0.15) is 5.26 Å². The van der Waals surface area contributed by atoms with Crippen LogP contribution < -0.4 is 10.0 Å². The molecule has 0 aliphatic carbocycles. The van der Waals surface area contributed by atoms with E-state index < -0.39 is 15.8 Å². The Labute approximate surface area is 90.3 Å². The van der Waals surface area contributed by atoms with Gasteiger partial charge in [-0.3, -0.25) is 4.90 Å². The molecule has 1 aliphatic heterocycles. The van der Waals surface area contributed by atoms with Crippen LogP contribution in [0.3, 0.4) is 0 Å². The molecule has 0 aromatic rings. The Hall–Kier alpha value is -0.680. The van der Waals surface area contributed by atoms with Gasteiger partial charge in [0.2, 0.25) is 10.0 Å². The summed E-state index contributed by atoms with van der Waals surface area (Å²) in [6, 6.07) is 1.62. The zero-order valence-electron chi connectivity index (χ0n) is 8.57. The maximum absolute atomic E-state index is 11.1. The summed E-state index contributed by atoms with van der Waals surface area (Å²) in [5.41, 5.74) is 0. The van der Waals surface area contributed by atoms with Crippen molar-refractivity contribution in [1.29, 1.82) is 5.26 Å². The quantitative estimate of drug-likeness (QED) is 0.592. The zero-order valence-corrected chi connectivity index (χ0v) is 9.39. The molecule has 2 N–H and O–H groups in total. The average molecular weight is 232 g/mol. The van der Waals surface area contributed by atoms with Gasteiger partial charge in [0.25, 0.3) is 0 Å². The van der Waals surface area contributed by atoms with Crippen LogP contribution in [0.1, 0.15) is 0 Å². The Morgan fingerprint density at radius 2 is 2.07 bits per heavy atom. The van der Waals surface area contributed by atoms with Gasteiger partial charge in [0.05, 0.1) is 6.07 Å². The summed E-state index contributed by atoms with van der Waals surface area (Å²) in [5.74, 6) is -0.464. The van der Waals surface area contributed by atoms with Crippen molar-refractivity contribution in [3.8, 4) is 6.07 Å². The molecule has 0 aromatic heterocycles. The Morgan fingerprint density at radius 1 is 1.40 bits per heavy atom. The number of hydrogen-bond donors (Lipinski definition) is 2. The van der Waals surface area contributed by atoms with E-state index in [9.17, 15) is 8.42 Å². The molecule has 0 unspecified atom stereocenters. The second-order valence-electron chi connectivity index (χ2n) is 3.40. The van der Waals surface area contributed by atoms with Gasteiger partial charge in [-0.15, -0.1) is 0 Å². The van der Waals surface area contributed by atoms with Gasteiger partial charge in [0.1, 0.15) is 0 Å². The third-order valence-corrected chi connectivity index (χ3v) is 3.37. The first-order valence-corrected chi connectivity index (χ1v) is 6.56. The van der Waals surface area contributed by atoms with Gasteiger partial charge in [-0.1, -0.05) is 0 Å². The second-order valence-corrected chi connectivity index (χ2v) is 5.21. The van der Waals surface area contributed by atoms with E-state index in [-0.39, 0.29) is 0 Å². The smallest absolute Gasteiger partial charge is 0.225 e. The molecule has 7 heteroatoms. The molecular weight excluding hydrogens is 216 g/mol. The van der Waals surface area contributed by atoms with E-state index in [1.54, 1.807) is 6.07 Å². The van der Waals surface area contributed by atoms with E-state index in [1.807, 2.05) is 0 Å². The van der Waals surface area contributed by atoms with Crippen molar-refractivity contribution >= 4 is 10.0 Å². The van der Waals surface area contributed by atoms with Crippen LogP contribution in [0.5, 0.6) is 0 Å². The summed E-state index contributed by atoms with van der Waals surface area (Å²) in [6.45, 7) is 4.87. The van der Waals surface area contributed by atoms with Gasteiger partial charge in [-0.05, 0) is 0 Å². The molecule has 6 nitrogen and oxygen atoms in total. The fourth-order valence-electron chi connectivity index (χ4n) is 1.43. The Balaban J connectivity index is 2.18. The fraction of sp³-hybridized carbons (Fsp3) is 0.875. The summed E-state index contributed by atoms with van der Waals surface area (Å²) < 4.78 is 24.6. The van der Waals surface area contributed by atoms with Gasteiger partial charge in [-0.25, -0.2) is 13.1 Å². The molecule has 86 valence electrons. The lowest BCUT2D eigenvalue weighted by atomic mass is 10.3. The number of hydrogen-bond acceptors (Lipinski definition) is 5. The van der Waals surface area contributed by atoms with E-state index in [0.29, 0.717) is 13.1 Å². The molecule has 1 aliphatic rings. The van der Waals surface area contributed by atoms with Gasteiger partial charge >= 0.3 is 0 Å². The monoisotopic (exact) mass is 232 g/mol. The largest absolute Gasteiger partial charge is 0.314 e. The minimum Gasteiger partial charge on any atom is -0.314 e. The van der Waals surface area contributed by atoms with E-state index in [2.05, 4.69) is 14.9 Å². The van der Waals surface area contributed by atoms with Crippen LogP contribution in [-0.2, 0) is 10.0 Å². The zero-order chi connectivity index (χ0) is 11.1. The highest BCUT2D eigenvalue weighted by atomic mass is 32.2. The number of rotatable bonds is 5. The lowest BCUT2D eigenvalue weighted by Crippen LogP contribution is -2.46. The first-order chi connectivity index (χ1) is 7.14. The van der Waals surface area contributed by atoms with Gasteiger partial charge in [0.15, 0.2) is 5.75 Å². The highest BCUT2D eigenvalue weighted by Gasteiger charge is 2.11. The standard InChI is InChI=1S/C8H16N4O2S/c9-1-8-15(13,14)11-4-7-12-5-2-10-3-6-12/h10-11H,2-8H2. The summed E-state index contributed by atoms with van der Waals surface area (Å²) in [4.78, 5) is 2.19. The summed E-state index contributed by atoms with van der Waals surface area (Å²) in [7, 11) is -3.39. The van der Waals surface area contributed by atoms with Gasteiger partial charge < -0.3 is 5.32 Å². The predicted octanol–water partition coefficient (Wildman–Crippen LogP) is -1.67. The molecule has 0 saturated carbocycles. The summed E-state index contributed by atoms with van der Waals surface area (Å²) in [5, 5.41) is 11.5. The van der Waals surface area contributed by atoms with Crippen molar-refractivity contribution in [3.63, 3.8) is 0 Å². The molecule has 15 heavy (non-hydrogen) atoms. The maximum atomic E-state index is 11.1. The van der Waals surface area contributed by atoms with Crippen LogP contribution in [0.4, 0.5) is 0 Å². The van der Waals surface area contributed by atoms with Crippen molar-refractivity contribution in [3.05, 3.63) is 0 Å². The van der Waals surface area contributed by atoms with Gasteiger partial charge in [0, 0.05) is 39.3 Å². The molecule has 1 rings (SSSR count). The third kappa shape index (κ3) is 5.09. The van der Waals surface area contributed by atoms with E-state index in [1.165, 1.54) is 0 Å². The Kier molecular flexibility index (Phi) is 4.98. The number of nitrogens with zero attached hydrogens (tertiary/aromatic N) is 2. The van der Waals surface area contributed by atoms with Crippen molar-refractivity contribution in [2.24, 2.45) is 0 Å². The fourth-order valence-corrected chi connectivity index (χ4v) is 2.10. The molecule has 1 heterocycles. The normalized spacial score (nSPS) is 18.6. The molecule has 1 fully saturated rings. The van der Waals surface area contributed by atoms with Crippen LogP contribution in [0, 0.1) is 11.3 Å². The molecule has 1 saturated heterocycles. The van der Waals surface area contributed by atoms with E-state index in [4.69, 9.17) is 5.26 Å². The minimum absolute atomic E-state index is 0.379. The molecular formula is C8H16N4O2S. The first-order valence-electron chi connectivity index (χ1n) is 4.91. The maximum Gasteiger partial charge on any atom is 0.225 e. The first kappa shape index (κ1) is 12.4. The average Bonchev–Trinajstić information content (AvgIpc) is 2.19. The Morgan fingerprint density at radius 3 is 2.67 bits per heavy atom. The lowest BCUT2D eigenvalue weighted by Gasteiger charge is -2.26. The van der Waals surface area contributed by atoms with E-state index >= 15 is 0 Å². The summed E-state index contributed by atoms with van der Waals surface area (Å²) >= 11 is 0. The molecule has 0 spiro atoms. The second kappa shape index (κ2) is 6.02.